The molecule has 3 N–H and O–H groups in total. The van der Waals surface area contributed by atoms with Gasteiger partial charge in [0.15, 0.2) is 0 Å². The summed E-state index contributed by atoms with van der Waals surface area (Å²) in [5, 5.41) is 14.5. The Balaban J connectivity index is 1.47. The Morgan fingerprint density at radius 1 is 1.35 bits per heavy atom. The lowest BCUT2D eigenvalue weighted by Crippen LogP contribution is -2.53. The molecule has 0 radical (unpaired) electrons. The number of carbonyl (C=O) groups excluding carboxylic acids is 2. The highest BCUT2D eigenvalue weighted by molar-refractivity contribution is 5.98. The van der Waals surface area contributed by atoms with Crippen LogP contribution in [-0.4, -0.2) is 82.3 Å². The van der Waals surface area contributed by atoms with Crippen molar-refractivity contribution in [2.24, 2.45) is 0 Å². The molecule has 2 aromatic heterocycles. The first-order valence-electron chi connectivity index (χ1n) is 9.78. The maximum atomic E-state index is 13.1. The van der Waals surface area contributed by atoms with E-state index in [1.807, 2.05) is 18.2 Å². The Bertz CT molecular complexity index is 1090. The molecule has 0 spiro atoms. The van der Waals surface area contributed by atoms with E-state index < -0.39 is 11.5 Å². The van der Waals surface area contributed by atoms with Crippen LogP contribution in [0.25, 0.3) is 10.9 Å². The number of β-amino-alcohol motifs (C(OH)–C–C–N with tert-alkyl or cyclic N) is 1. The van der Waals surface area contributed by atoms with Crippen molar-refractivity contribution < 1.29 is 24.2 Å². The molecule has 3 aromatic rings. The number of nitrogens with one attached hydrogen (secondary N) is 2. The minimum Gasteiger partial charge on any atom is -0.497 e. The summed E-state index contributed by atoms with van der Waals surface area (Å²) in [5.74, 6) is -0.0329. The lowest BCUT2D eigenvalue weighted by Gasteiger charge is -2.30. The average Bonchev–Trinajstić information content (AvgIpc) is 3.12. The zero-order chi connectivity index (χ0) is 21.8. The van der Waals surface area contributed by atoms with Gasteiger partial charge in [-0.1, -0.05) is 0 Å². The number of hydrogen-bond donors (Lipinski definition) is 3. The number of benzene rings is 1. The fourth-order valence-corrected chi connectivity index (χ4v) is 3.47. The smallest absolute Gasteiger partial charge is 0.271 e. The molecule has 10 nitrogen and oxygen atoms in total. The lowest BCUT2D eigenvalue weighted by molar-refractivity contribution is -0.0324. The summed E-state index contributed by atoms with van der Waals surface area (Å²) in [7, 11) is 1.58. The van der Waals surface area contributed by atoms with Crippen molar-refractivity contribution in [2.75, 3.05) is 40.0 Å². The molecule has 1 atom stereocenters. The molecular weight excluding hydrogens is 402 g/mol. The van der Waals surface area contributed by atoms with Crippen LogP contribution in [0, 0.1) is 0 Å². The largest absolute Gasteiger partial charge is 0.497 e. The molecule has 1 aliphatic rings. The fraction of sp³-hybridized carbons (Fsp3) is 0.333. The SMILES string of the molecule is COc1ccc2[nH]c(C(=O)N3CCOCC(O)(CNC(=O)c4cnccn4)C3)cc2c1. The monoisotopic (exact) mass is 425 g/mol. The maximum absolute atomic E-state index is 13.1. The van der Waals surface area contributed by atoms with Gasteiger partial charge >= 0.3 is 0 Å². The van der Waals surface area contributed by atoms with Gasteiger partial charge in [0.25, 0.3) is 11.8 Å². The third-order valence-corrected chi connectivity index (χ3v) is 5.08. The summed E-state index contributed by atoms with van der Waals surface area (Å²) >= 11 is 0. The van der Waals surface area contributed by atoms with Crippen LogP contribution in [0.15, 0.2) is 42.9 Å². The van der Waals surface area contributed by atoms with E-state index in [9.17, 15) is 14.7 Å². The number of amides is 2. The normalized spacial score (nSPS) is 19.1. The van der Waals surface area contributed by atoms with Crippen molar-refractivity contribution in [3.8, 4) is 5.75 Å². The summed E-state index contributed by atoms with van der Waals surface area (Å²) in [6.07, 6.45) is 4.21. The standard InChI is InChI=1S/C21H23N5O5/c1-30-15-2-3-16-14(8-15)9-17(25-16)20(28)26-6-7-31-13-21(29,12-26)11-24-19(27)18-10-22-4-5-23-18/h2-5,8-10,25,29H,6-7,11-13H2,1H3,(H,24,27). The average molecular weight is 425 g/mol. The highest BCUT2D eigenvalue weighted by Gasteiger charge is 2.35. The van der Waals surface area contributed by atoms with Gasteiger partial charge in [0.2, 0.25) is 0 Å². The second-order valence-corrected chi connectivity index (χ2v) is 7.41. The van der Waals surface area contributed by atoms with Crippen molar-refractivity contribution in [1.82, 2.24) is 25.2 Å². The Kier molecular flexibility index (Phi) is 5.83. The van der Waals surface area contributed by atoms with Crippen LogP contribution in [0.5, 0.6) is 5.75 Å². The van der Waals surface area contributed by atoms with Crippen LogP contribution in [-0.2, 0) is 4.74 Å². The highest BCUT2D eigenvalue weighted by atomic mass is 16.5. The third kappa shape index (κ3) is 4.65. The second kappa shape index (κ2) is 8.70. The molecule has 10 heteroatoms. The summed E-state index contributed by atoms with van der Waals surface area (Å²) in [6, 6.07) is 7.24. The number of aromatic nitrogens is 3. The number of rotatable bonds is 5. The van der Waals surface area contributed by atoms with E-state index in [4.69, 9.17) is 9.47 Å². The van der Waals surface area contributed by atoms with E-state index >= 15 is 0 Å². The van der Waals surface area contributed by atoms with Crippen molar-refractivity contribution in [3.63, 3.8) is 0 Å². The van der Waals surface area contributed by atoms with Gasteiger partial charge in [-0.2, -0.15) is 0 Å². The zero-order valence-corrected chi connectivity index (χ0v) is 17.0. The van der Waals surface area contributed by atoms with Gasteiger partial charge in [0, 0.05) is 29.8 Å². The molecule has 4 rings (SSSR count). The first-order chi connectivity index (χ1) is 15.0. The molecule has 31 heavy (non-hydrogen) atoms. The van der Waals surface area contributed by atoms with Crippen LogP contribution in [0.4, 0.5) is 0 Å². The van der Waals surface area contributed by atoms with Crippen LogP contribution < -0.4 is 10.1 Å². The van der Waals surface area contributed by atoms with Gasteiger partial charge in [0.1, 0.15) is 22.7 Å². The van der Waals surface area contributed by atoms with E-state index in [1.165, 1.54) is 23.5 Å². The molecule has 162 valence electrons. The van der Waals surface area contributed by atoms with E-state index in [2.05, 4.69) is 20.3 Å². The Hall–Kier alpha value is -3.50. The van der Waals surface area contributed by atoms with Gasteiger partial charge < -0.3 is 29.8 Å². The molecule has 0 bridgehead atoms. The van der Waals surface area contributed by atoms with E-state index in [0.717, 1.165) is 10.9 Å². The number of fused-ring (bicyclic) bond motifs is 1. The molecule has 0 saturated carbocycles. The molecule has 1 aliphatic heterocycles. The number of hydrogen-bond acceptors (Lipinski definition) is 7. The van der Waals surface area contributed by atoms with Gasteiger partial charge in [-0.15, -0.1) is 0 Å². The second-order valence-electron chi connectivity index (χ2n) is 7.41. The predicted molar refractivity (Wildman–Crippen MR) is 111 cm³/mol. The molecule has 0 aliphatic carbocycles. The van der Waals surface area contributed by atoms with Gasteiger partial charge in [0.05, 0.1) is 39.6 Å². The first kappa shape index (κ1) is 20.8. The molecule has 1 aromatic carbocycles. The van der Waals surface area contributed by atoms with Crippen molar-refractivity contribution in [3.05, 3.63) is 54.2 Å². The molecule has 1 unspecified atom stereocenters. The fourth-order valence-electron chi connectivity index (χ4n) is 3.47. The zero-order valence-electron chi connectivity index (χ0n) is 17.0. The molecule has 3 heterocycles. The van der Waals surface area contributed by atoms with Gasteiger partial charge in [-0.3, -0.25) is 14.6 Å². The van der Waals surface area contributed by atoms with E-state index in [0.29, 0.717) is 18.0 Å². The summed E-state index contributed by atoms with van der Waals surface area (Å²) < 4.78 is 10.7. The summed E-state index contributed by atoms with van der Waals surface area (Å²) in [6.45, 7) is 0.487. The minimum atomic E-state index is -1.45. The van der Waals surface area contributed by atoms with Crippen LogP contribution in [0.1, 0.15) is 21.0 Å². The quantitative estimate of drug-likeness (QED) is 0.546. The molecule has 2 amide bonds. The number of aliphatic hydroxyl groups is 1. The molecular formula is C21H23N5O5. The first-order valence-corrected chi connectivity index (χ1v) is 9.78. The highest BCUT2D eigenvalue weighted by Crippen LogP contribution is 2.23. The summed E-state index contributed by atoms with van der Waals surface area (Å²) in [4.78, 5) is 37.8. The Labute approximate surface area is 178 Å². The molecule has 1 fully saturated rings. The topological polar surface area (TPSA) is 130 Å². The van der Waals surface area contributed by atoms with Gasteiger partial charge in [-0.05, 0) is 24.3 Å². The minimum absolute atomic E-state index is 0.00523. The van der Waals surface area contributed by atoms with E-state index in [-0.39, 0.29) is 37.9 Å². The number of nitrogens with zero attached hydrogens (tertiary/aromatic N) is 3. The Morgan fingerprint density at radius 3 is 3.00 bits per heavy atom. The number of H-pyrrole nitrogens is 1. The maximum Gasteiger partial charge on any atom is 0.271 e. The lowest BCUT2D eigenvalue weighted by atomic mass is 10.0. The van der Waals surface area contributed by atoms with Crippen LogP contribution in [0.3, 0.4) is 0 Å². The number of aromatic amines is 1. The number of carbonyl (C=O) groups is 2. The van der Waals surface area contributed by atoms with Crippen molar-refractivity contribution in [2.45, 2.75) is 5.60 Å². The predicted octanol–water partition coefficient (Wildman–Crippen LogP) is 0.600. The summed E-state index contributed by atoms with van der Waals surface area (Å²) in [5.41, 5.74) is -0.0981. The van der Waals surface area contributed by atoms with Crippen LogP contribution >= 0.6 is 0 Å². The Morgan fingerprint density at radius 2 is 2.23 bits per heavy atom. The van der Waals surface area contributed by atoms with E-state index in [1.54, 1.807) is 13.2 Å². The molecule has 1 saturated heterocycles. The number of ether oxygens (including phenoxy) is 2. The third-order valence-electron chi connectivity index (χ3n) is 5.08. The van der Waals surface area contributed by atoms with Gasteiger partial charge in [-0.25, -0.2) is 4.98 Å². The van der Waals surface area contributed by atoms with Crippen molar-refractivity contribution in [1.29, 1.82) is 0 Å². The number of methoxy groups -OCH3 is 1. The van der Waals surface area contributed by atoms with Crippen LogP contribution in [0.2, 0.25) is 0 Å². The van der Waals surface area contributed by atoms with Crippen molar-refractivity contribution >= 4 is 22.7 Å².